The molecule has 0 bridgehead atoms. The molecule has 0 aromatic rings. The van der Waals surface area contributed by atoms with Gasteiger partial charge in [0, 0.05) is 0 Å². The molecule has 0 unspecified atom stereocenters. The van der Waals surface area contributed by atoms with Gasteiger partial charge in [0.05, 0.1) is 0 Å². The van der Waals surface area contributed by atoms with E-state index in [-0.39, 0.29) is 0 Å². The molecule has 0 fully saturated rings. The van der Waals surface area contributed by atoms with Crippen molar-refractivity contribution in [1.29, 1.82) is 0 Å². The molecule has 11 heteroatoms. The molecule has 0 rings (SSSR count). The maximum atomic E-state index is 9.00. The van der Waals surface area contributed by atoms with E-state index in [0.29, 0.717) is 0 Å². The normalized spacial score (nSPS) is 8.00. The van der Waals surface area contributed by atoms with Crippen LogP contribution in [0.15, 0.2) is 0 Å². The first-order valence-corrected chi connectivity index (χ1v) is 5.75. The molecule has 0 saturated carbocycles. The van der Waals surface area contributed by atoms with Gasteiger partial charge in [-0.05, 0) is 8.40 Å². The van der Waals surface area contributed by atoms with E-state index in [2.05, 4.69) is 11.5 Å². The van der Waals surface area contributed by atoms with E-state index in [1.54, 1.807) is 0 Å². The van der Waals surface area contributed by atoms with Crippen molar-refractivity contribution in [3.63, 3.8) is 0 Å². The van der Waals surface area contributed by atoms with Gasteiger partial charge in [-0.3, -0.25) is 0 Å². The van der Waals surface area contributed by atoms with Crippen molar-refractivity contribution in [3.05, 3.63) is 0 Å². The summed E-state index contributed by atoms with van der Waals surface area (Å²) in [6.07, 6.45) is 0. The number of primary amides is 2. The molecule has 0 aliphatic carbocycles. The zero-order valence-electron chi connectivity index (χ0n) is 5.35. The number of hydrogen-bond donors (Lipinski definition) is 4. The van der Waals surface area contributed by atoms with Gasteiger partial charge in [-0.15, -0.1) is 0 Å². The molecular formula is CH6Br2N2O7. The van der Waals surface area contributed by atoms with Crippen molar-refractivity contribution < 1.29 is 59.6 Å². The predicted molar refractivity (Wildman–Crippen MR) is 18.2 cm³/mol. The van der Waals surface area contributed by atoms with Gasteiger partial charge in [0.2, 0.25) is 0 Å². The number of halogens is 2. The number of hydrogen-bond acceptors (Lipinski definition) is 7. The monoisotopic (exact) mass is 316 g/mol. The molecule has 9 nitrogen and oxygen atoms in total. The second-order valence-corrected chi connectivity index (χ2v) is 2.49. The van der Waals surface area contributed by atoms with Crippen LogP contribution in [0.4, 0.5) is 4.79 Å². The minimum Gasteiger partial charge on any atom is -0.372 e. The van der Waals surface area contributed by atoms with Crippen LogP contribution in [0.3, 0.4) is 0 Å². The highest BCUT2D eigenvalue weighted by Gasteiger charge is 1.86. The summed E-state index contributed by atoms with van der Waals surface area (Å²) in [6, 6.07) is -0.833. The van der Waals surface area contributed by atoms with Crippen LogP contribution in [-0.4, -0.2) is 14.4 Å². The Hall–Kier alpha value is -0.0100. The zero-order valence-corrected chi connectivity index (χ0v) is 8.52. The van der Waals surface area contributed by atoms with Gasteiger partial charge >= 0.3 is 35.7 Å². The van der Waals surface area contributed by atoms with E-state index in [1.165, 1.54) is 0 Å². The average molecular weight is 318 g/mol. The van der Waals surface area contributed by atoms with E-state index >= 15 is 0 Å². The summed E-state index contributed by atoms with van der Waals surface area (Å²) < 4.78 is 48.6. The SMILES string of the molecule is NC(N)=O.[O-][Br+2]([O-])O.[O-][Br+2]([O-])O. The summed E-state index contributed by atoms with van der Waals surface area (Å²) in [7, 11) is 0. The summed E-state index contributed by atoms with van der Waals surface area (Å²) >= 11 is -6.79. The molecule has 0 atom stereocenters. The molecule has 12 heavy (non-hydrogen) atoms. The largest absolute Gasteiger partial charge is 0.433 e. The Morgan fingerprint density at radius 1 is 1.00 bits per heavy atom. The molecule has 0 radical (unpaired) electrons. The third-order valence-electron chi connectivity index (χ3n) is 0. The van der Waals surface area contributed by atoms with Crippen molar-refractivity contribution in [2.75, 3.05) is 0 Å². The second-order valence-electron chi connectivity index (χ2n) is 0.804. The summed E-state index contributed by atoms with van der Waals surface area (Å²) in [4.78, 5) is 9.00. The lowest BCUT2D eigenvalue weighted by molar-refractivity contribution is -1.63. The first kappa shape index (κ1) is 17.9. The Kier molecular flexibility index (Phi) is 20.3. The molecule has 6 N–H and O–H groups in total. The molecule has 0 aliphatic rings. The number of urea groups is 1. The highest BCUT2D eigenvalue weighted by atomic mass is 80.0. The smallest absolute Gasteiger partial charge is 0.372 e. The van der Waals surface area contributed by atoms with Crippen molar-refractivity contribution in [2.24, 2.45) is 11.5 Å². The quantitative estimate of drug-likeness (QED) is 0.339. The summed E-state index contributed by atoms with van der Waals surface area (Å²) in [5.41, 5.74) is 8.50. The van der Waals surface area contributed by atoms with Crippen molar-refractivity contribution in [2.45, 2.75) is 0 Å². The lowest BCUT2D eigenvalue weighted by Gasteiger charge is -1.69. The Bertz CT molecular complexity index is 81.9. The van der Waals surface area contributed by atoms with E-state index in [0.717, 1.165) is 0 Å². The van der Waals surface area contributed by atoms with E-state index < -0.39 is 35.7 Å². The van der Waals surface area contributed by atoms with Crippen molar-refractivity contribution in [1.82, 2.24) is 0 Å². The van der Waals surface area contributed by atoms with Gasteiger partial charge in [0.25, 0.3) is 0 Å². The van der Waals surface area contributed by atoms with Gasteiger partial charge in [-0.2, -0.15) is 0 Å². The van der Waals surface area contributed by atoms with Gasteiger partial charge < -0.3 is 28.3 Å². The Morgan fingerprint density at radius 3 is 1.00 bits per heavy atom. The van der Waals surface area contributed by atoms with Crippen molar-refractivity contribution >= 4 is 6.03 Å². The van der Waals surface area contributed by atoms with Crippen LogP contribution in [-0.2, 0) is 0 Å². The number of amides is 2. The van der Waals surface area contributed by atoms with Gasteiger partial charge in [-0.25, -0.2) is 4.79 Å². The highest BCUT2D eigenvalue weighted by Crippen LogP contribution is 1.38. The van der Waals surface area contributed by atoms with Gasteiger partial charge in [0.1, 0.15) is 0 Å². The molecule has 2 amide bonds. The van der Waals surface area contributed by atoms with E-state index in [4.69, 9.17) is 30.0 Å². The topological polar surface area (TPSA) is 202 Å². The molecule has 0 aromatic carbocycles. The molecule has 0 spiro atoms. The van der Waals surface area contributed by atoms with Crippen LogP contribution in [0.25, 0.3) is 0 Å². The van der Waals surface area contributed by atoms with E-state index in [1.807, 2.05) is 0 Å². The fourth-order valence-electron chi connectivity index (χ4n) is 0. The summed E-state index contributed by atoms with van der Waals surface area (Å²) in [5.74, 6) is 0. The zero-order chi connectivity index (χ0) is 10.7. The molecular weight excluding hydrogens is 312 g/mol. The lowest BCUT2D eigenvalue weighted by atomic mass is 11.2. The summed E-state index contributed by atoms with van der Waals surface area (Å²) in [5, 5.41) is 0. The fraction of sp³-hybridized carbons (Fsp3) is 0. The Labute approximate surface area is 77.5 Å². The van der Waals surface area contributed by atoms with Gasteiger partial charge in [-0.1, -0.05) is 0 Å². The maximum Gasteiger partial charge on any atom is 0.433 e. The number of carbonyl (C=O) groups is 1. The highest BCUT2D eigenvalue weighted by molar-refractivity contribution is 5.69. The molecule has 76 valence electrons. The number of carbonyl (C=O) groups excluding carboxylic acids is 1. The van der Waals surface area contributed by atoms with Crippen LogP contribution in [0.2, 0.25) is 0 Å². The Balaban J connectivity index is -0.000000101. The third kappa shape index (κ3) is 8070000. The average Bonchev–Trinajstić information content (AvgIpc) is 1.54. The number of rotatable bonds is 0. The van der Waals surface area contributed by atoms with Crippen LogP contribution in [0.5, 0.6) is 0 Å². The molecule has 0 saturated heterocycles. The molecule has 0 heterocycles. The summed E-state index contributed by atoms with van der Waals surface area (Å²) in [6.45, 7) is 0. The Morgan fingerprint density at radius 2 is 1.00 bits per heavy atom. The third-order valence-corrected chi connectivity index (χ3v) is 0. The standard InChI is InChI=1S/CH4N2O.2BrHO3/c3*2-1(3)4/h(H4,2,3,4);2*2H. The van der Waals surface area contributed by atoms with Crippen LogP contribution in [0, 0.1) is 29.6 Å². The molecule has 0 aromatic heterocycles. The minimum absolute atomic E-state index is 0.833. The van der Waals surface area contributed by atoms with E-state index in [9.17, 15) is 0 Å². The van der Waals surface area contributed by atoms with Crippen molar-refractivity contribution in [3.8, 4) is 0 Å². The predicted octanol–water partition coefficient (Wildman–Crippen LogP) is -6.85. The lowest BCUT2D eigenvalue weighted by Crippen LogP contribution is -2.30. The minimum atomic E-state index is -3.40. The van der Waals surface area contributed by atoms with Crippen LogP contribution < -0.4 is 28.3 Å². The van der Waals surface area contributed by atoms with Crippen LogP contribution >= 0.6 is 0 Å². The fourth-order valence-corrected chi connectivity index (χ4v) is 0. The molecule has 0 aliphatic heterocycles. The number of nitrogens with two attached hydrogens (primary N) is 2. The first-order valence-electron chi connectivity index (χ1n) is 1.74. The van der Waals surface area contributed by atoms with Gasteiger partial charge in [0.15, 0.2) is 0 Å². The van der Waals surface area contributed by atoms with Crippen LogP contribution in [0.1, 0.15) is 0 Å². The maximum absolute atomic E-state index is 9.00. The second kappa shape index (κ2) is 13.6. The first-order chi connectivity index (χ1) is 5.20.